The van der Waals surface area contributed by atoms with E-state index < -0.39 is 22.6 Å². The maximum absolute atomic E-state index is 13.2. The smallest absolute Gasteiger partial charge is 0.416 e. The third kappa shape index (κ3) is 4.33. The molecule has 1 saturated carbocycles. The predicted octanol–water partition coefficient (Wildman–Crippen LogP) is 5.07. The number of alkyl halides is 3. The second kappa shape index (κ2) is 7.73. The van der Waals surface area contributed by atoms with Crippen molar-refractivity contribution in [2.45, 2.75) is 32.0 Å². The molecule has 0 heterocycles. The van der Waals surface area contributed by atoms with Crippen LogP contribution in [0.2, 0.25) is 0 Å². The number of anilines is 1. The zero-order valence-corrected chi connectivity index (χ0v) is 15.8. The van der Waals surface area contributed by atoms with E-state index in [1.54, 1.807) is 6.92 Å². The van der Waals surface area contributed by atoms with Crippen LogP contribution in [0.25, 0.3) is 0 Å². The molecule has 154 valence electrons. The Bertz CT molecular complexity index is 942. The summed E-state index contributed by atoms with van der Waals surface area (Å²) < 4.78 is 44.4. The first-order chi connectivity index (χ1) is 13.6. The lowest BCUT2D eigenvalue weighted by molar-refractivity contribution is -0.385. The summed E-state index contributed by atoms with van der Waals surface area (Å²) in [7, 11) is 1.27. The topological polar surface area (TPSA) is 72.7 Å². The van der Waals surface area contributed by atoms with Crippen LogP contribution in [0.3, 0.4) is 0 Å². The number of hydrogen-bond acceptors (Lipinski definition) is 4. The summed E-state index contributed by atoms with van der Waals surface area (Å²) in [5, 5.41) is 11.3. The molecule has 0 bridgehead atoms. The van der Waals surface area contributed by atoms with Gasteiger partial charge in [-0.3, -0.25) is 14.9 Å². The van der Waals surface area contributed by atoms with Crippen molar-refractivity contribution in [2.75, 3.05) is 12.0 Å². The first kappa shape index (κ1) is 20.6. The number of benzene rings is 2. The molecule has 1 aliphatic rings. The Morgan fingerprint density at radius 3 is 2.48 bits per heavy atom. The molecule has 0 aromatic heterocycles. The van der Waals surface area contributed by atoms with Crippen LogP contribution < -0.4 is 9.64 Å². The molecule has 1 fully saturated rings. The number of nitro benzene ring substituents is 1. The molecule has 1 amide bonds. The van der Waals surface area contributed by atoms with Gasteiger partial charge in [0.05, 0.1) is 17.6 Å². The first-order valence-corrected chi connectivity index (χ1v) is 8.96. The molecule has 2 aromatic rings. The minimum atomic E-state index is -4.55. The van der Waals surface area contributed by atoms with Crippen LogP contribution in [0.1, 0.15) is 35.7 Å². The van der Waals surface area contributed by atoms with Crippen molar-refractivity contribution in [3.63, 3.8) is 0 Å². The molecule has 0 N–H and O–H groups in total. The number of nitro groups is 1. The highest BCUT2D eigenvalue weighted by atomic mass is 19.4. The lowest BCUT2D eigenvalue weighted by Gasteiger charge is -2.30. The number of carbonyl (C=O) groups excluding carboxylic acids is 1. The fourth-order valence-corrected chi connectivity index (χ4v) is 3.26. The highest BCUT2D eigenvalue weighted by molar-refractivity contribution is 6.07. The van der Waals surface area contributed by atoms with Crippen LogP contribution in [0.15, 0.2) is 42.5 Å². The molecule has 0 saturated heterocycles. The van der Waals surface area contributed by atoms with Crippen LogP contribution in [-0.2, 0) is 6.18 Å². The summed E-state index contributed by atoms with van der Waals surface area (Å²) in [6, 6.07) is 7.94. The van der Waals surface area contributed by atoms with E-state index in [0.717, 1.165) is 31.0 Å². The molecule has 29 heavy (non-hydrogen) atoms. The molecule has 9 heteroatoms. The minimum absolute atomic E-state index is 0.00223. The van der Waals surface area contributed by atoms with E-state index >= 15 is 0 Å². The van der Waals surface area contributed by atoms with Crippen molar-refractivity contribution < 1.29 is 27.6 Å². The van der Waals surface area contributed by atoms with Gasteiger partial charge in [-0.1, -0.05) is 6.07 Å². The van der Waals surface area contributed by atoms with Crippen LogP contribution in [0.5, 0.6) is 5.75 Å². The lowest BCUT2D eigenvalue weighted by atomic mass is 10.1. The highest BCUT2D eigenvalue weighted by Crippen LogP contribution is 2.39. The van der Waals surface area contributed by atoms with Gasteiger partial charge >= 0.3 is 11.9 Å². The molecule has 1 atom stereocenters. The largest absolute Gasteiger partial charge is 0.490 e. The van der Waals surface area contributed by atoms with Gasteiger partial charge in [-0.05, 0) is 56.0 Å². The fourth-order valence-electron chi connectivity index (χ4n) is 3.26. The quantitative estimate of drug-likeness (QED) is 0.494. The summed E-state index contributed by atoms with van der Waals surface area (Å²) in [6.07, 6.45) is -2.81. The molecule has 0 radical (unpaired) electrons. The average Bonchev–Trinajstić information content (AvgIpc) is 3.52. The molecular formula is C20H19F3N2O4. The van der Waals surface area contributed by atoms with E-state index in [-0.39, 0.29) is 34.6 Å². The van der Waals surface area contributed by atoms with Crippen molar-refractivity contribution in [3.8, 4) is 5.75 Å². The Morgan fingerprint density at radius 2 is 1.93 bits per heavy atom. The van der Waals surface area contributed by atoms with Crippen LogP contribution in [0, 0.1) is 16.0 Å². The number of ether oxygens (including phenoxy) is 1. The van der Waals surface area contributed by atoms with E-state index in [2.05, 4.69) is 0 Å². The third-order valence-electron chi connectivity index (χ3n) is 5.00. The van der Waals surface area contributed by atoms with Gasteiger partial charge in [-0.15, -0.1) is 0 Å². The Kier molecular flexibility index (Phi) is 5.50. The van der Waals surface area contributed by atoms with Gasteiger partial charge in [-0.2, -0.15) is 13.2 Å². The summed E-state index contributed by atoms with van der Waals surface area (Å²) in [5.41, 5.74) is -1.15. The maximum atomic E-state index is 13.2. The van der Waals surface area contributed by atoms with Crippen molar-refractivity contribution in [3.05, 3.63) is 63.7 Å². The van der Waals surface area contributed by atoms with Crippen molar-refractivity contribution in [2.24, 2.45) is 5.92 Å². The van der Waals surface area contributed by atoms with Gasteiger partial charge in [0, 0.05) is 23.4 Å². The van der Waals surface area contributed by atoms with Crippen molar-refractivity contribution in [1.82, 2.24) is 0 Å². The molecule has 0 aliphatic heterocycles. The second-order valence-electron chi connectivity index (χ2n) is 6.95. The van der Waals surface area contributed by atoms with Gasteiger partial charge in [0.1, 0.15) is 0 Å². The molecule has 2 aromatic carbocycles. The monoisotopic (exact) mass is 408 g/mol. The fraction of sp³-hybridized carbons (Fsp3) is 0.350. The molecule has 3 rings (SSSR count). The molecule has 6 nitrogen and oxygen atoms in total. The summed E-state index contributed by atoms with van der Waals surface area (Å²) in [5.74, 6) is -0.441. The normalized spacial score (nSPS) is 14.9. The number of amides is 1. The maximum Gasteiger partial charge on any atom is 0.416 e. The SMILES string of the molecule is COc1ccc(C(=O)N(c2cccc(C(F)(F)F)c2)C(C)C2CC2)cc1[N+](=O)[O-]. The zero-order valence-electron chi connectivity index (χ0n) is 15.8. The van der Waals surface area contributed by atoms with Gasteiger partial charge in [0.15, 0.2) is 5.75 Å². The predicted molar refractivity (Wildman–Crippen MR) is 100 cm³/mol. The highest BCUT2D eigenvalue weighted by Gasteiger charge is 2.37. The van der Waals surface area contributed by atoms with Gasteiger partial charge < -0.3 is 9.64 Å². The van der Waals surface area contributed by atoms with E-state index in [1.807, 2.05) is 0 Å². The molecule has 0 spiro atoms. The van der Waals surface area contributed by atoms with Gasteiger partial charge in [0.2, 0.25) is 0 Å². The van der Waals surface area contributed by atoms with Crippen molar-refractivity contribution >= 4 is 17.3 Å². The molecular weight excluding hydrogens is 389 g/mol. The summed E-state index contributed by atoms with van der Waals surface area (Å²) in [4.78, 5) is 25.1. The lowest BCUT2D eigenvalue weighted by Crippen LogP contribution is -2.40. The number of methoxy groups -OCH3 is 1. The zero-order chi connectivity index (χ0) is 21.3. The number of nitrogens with zero attached hydrogens (tertiary/aromatic N) is 2. The standard InChI is InChI=1S/C20H19F3N2O4/c1-12(13-6-7-13)24(16-5-3-4-15(11-16)20(21,22)23)19(26)14-8-9-18(29-2)17(10-14)25(27)28/h3-5,8-13H,6-7H2,1-2H3. The summed E-state index contributed by atoms with van der Waals surface area (Å²) >= 11 is 0. The Labute approximate surface area is 165 Å². The van der Waals surface area contributed by atoms with Crippen LogP contribution in [0.4, 0.5) is 24.5 Å². The van der Waals surface area contributed by atoms with E-state index in [4.69, 9.17) is 4.74 Å². The molecule has 1 aliphatic carbocycles. The average molecular weight is 408 g/mol. The van der Waals surface area contributed by atoms with Gasteiger partial charge in [0.25, 0.3) is 5.91 Å². The summed E-state index contributed by atoms with van der Waals surface area (Å²) in [6.45, 7) is 1.77. The van der Waals surface area contributed by atoms with Crippen LogP contribution >= 0.6 is 0 Å². The Hall–Kier alpha value is -3.10. The number of hydrogen-bond donors (Lipinski definition) is 0. The molecule has 1 unspecified atom stereocenters. The number of rotatable bonds is 6. The van der Waals surface area contributed by atoms with E-state index in [0.29, 0.717) is 0 Å². The first-order valence-electron chi connectivity index (χ1n) is 8.96. The van der Waals surface area contributed by atoms with Crippen molar-refractivity contribution in [1.29, 1.82) is 0 Å². The van der Waals surface area contributed by atoms with Crippen LogP contribution in [-0.4, -0.2) is 24.0 Å². The number of halogens is 3. The minimum Gasteiger partial charge on any atom is -0.490 e. The Balaban J connectivity index is 2.05. The number of carbonyl (C=O) groups is 1. The third-order valence-corrected chi connectivity index (χ3v) is 5.00. The second-order valence-corrected chi connectivity index (χ2v) is 6.95. The van der Waals surface area contributed by atoms with Gasteiger partial charge in [-0.25, -0.2) is 0 Å². The van der Waals surface area contributed by atoms with E-state index in [9.17, 15) is 28.1 Å². The Morgan fingerprint density at radius 1 is 1.24 bits per heavy atom. The van der Waals surface area contributed by atoms with E-state index in [1.165, 1.54) is 36.3 Å².